The second kappa shape index (κ2) is 21.1. The van der Waals surface area contributed by atoms with E-state index in [4.69, 9.17) is 0 Å². The zero-order valence-corrected chi connectivity index (χ0v) is 30.7. The molecule has 1 saturated heterocycles. The van der Waals surface area contributed by atoms with Crippen LogP contribution in [0.15, 0.2) is 0 Å². The fourth-order valence-corrected chi connectivity index (χ4v) is 4.48. The number of urea groups is 1. The Morgan fingerprint density at radius 1 is 1.09 bits per heavy atom. The first-order valence-corrected chi connectivity index (χ1v) is 16.2. The number of amides is 6. The first kappa shape index (κ1) is 45.2. The molecule has 268 valence electrons. The monoisotopic (exact) mass is 680 g/mol. The smallest absolute Gasteiger partial charge is 0.315 e. The number of hydrogen-bond donors (Lipinski definition) is 4. The molecular formula is C31H59F2N6O6P. The fraction of sp³-hybridized carbons (Fsp3) is 0.806. The van der Waals surface area contributed by atoms with E-state index in [-0.39, 0.29) is 37.2 Å². The largest absolute Gasteiger partial charge is 0.363 e. The first-order valence-electron chi connectivity index (χ1n) is 15.6. The number of ketones is 1. The lowest BCUT2D eigenvalue weighted by atomic mass is 9.85. The molecule has 1 aliphatic heterocycles. The highest BCUT2D eigenvalue weighted by Gasteiger charge is 2.41. The lowest BCUT2D eigenvalue weighted by Gasteiger charge is -2.35. The molecule has 0 saturated carbocycles. The van der Waals surface area contributed by atoms with E-state index in [0.717, 1.165) is 25.3 Å². The van der Waals surface area contributed by atoms with Gasteiger partial charge in [0.05, 0.1) is 12.6 Å². The average Bonchev–Trinajstić information content (AvgIpc) is 3.31. The molecule has 0 aromatic carbocycles. The highest BCUT2D eigenvalue weighted by atomic mass is 31.0. The summed E-state index contributed by atoms with van der Waals surface area (Å²) in [5.41, 5.74) is 1.19. The van der Waals surface area contributed by atoms with Crippen molar-refractivity contribution >= 4 is 45.2 Å². The molecule has 0 aromatic rings. The number of nitrogens with two attached hydrogens (primary N) is 1. The average molecular weight is 681 g/mol. The lowest BCUT2D eigenvalue weighted by Crippen LogP contribution is -2.57. The summed E-state index contributed by atoms with van der Waals surface area (Å²) in [6.07, 6.45) is 1.26. The molecule has 46 heavy (non-hydrogen) atoms. The van der Waals surface area contributed by atoms with Crippen LogP contribution in [0, 0.1) is 23.2 Å². The summed E-state index contributed by atoms with van der Waals surface area (Å²) in [6, 6.07) is -2.26. The fourth-order valence-electron chi connectivity index (χ4n) is 4.32. The Bertz CT molecular complexity index is 1000. The molecule has 12 nitrogen and oxygen atoms in total. The van der Waals surface area contributed by atoms with Crippen molar-refractivity contribution in [3.05, 3.63) is 0 Å². The predicted molar refractivity (Wildman–Crippen MR) is 179 cm³/mol. The van der Waals surface area contributed by atoms with E-state index in [9.17, 15) is 37.5 Å². The van der Waals surface area contributed by atoms with Crippen LogP contribution in [0.1, 0.15) is 88.0 Å². The van der Waals surface area contributed by atoms with Gasteiger partial charge in [-0.2, -0.15) is 0 Å². The second-order valence-electron chi connectivity index (χ2n) is 13.7. The quantitative estimate of drug-likeness (QED) is 0.132. The Kier molecular flexibility index (Phi) is 20.7. The highest BCUT2D eigenvalue weighted by Crippen LogP contribution is 2.33. The molecule has 6 amide bonds. The Hall–Kier alpha value is -2.89. The molecule has 1 heterocycles. The van der Waals surface area contributed by atoms with Gasteiger partial charge in [0.25, 0.3) is 11.6 Å². The standard InChI is InChI=1S/C20H38N4O3.C7H11F2N2O3P.C4H10/c1-9-13(2)15-10-14(3)24(12-15)18(26)17(20(4,5)6)22-19(27)21-11-16(25)23(7)8;8-7(9,15)2-1-4(11-3-12)5(13)6(10)14;1-4(2)3/h13-15,17H,9-12H2,1-8H3,(H2,21,22,27);3-4H,1-2,15H2,(H2,10,14)(H,11,12);4H,1-3H3/t13?,14?,15-,17?;;/m1../s1. The third kappa shape index (κ3) is 18.9. The maximum absolute atomic E-state index is 13.2. The zero-order chi connectivity index (χ0) is 36.6. The molecule has 0 bridgehead atoms. The SMILES string of the molecule is CC(C)C.CCC(C)[C@@H]1CC(C)N(C(=O)C(NC(=O)NCC(=O)N(C)C)C(C)(C)C)C1.NC(=O)C(=O)C(CCC(F)(F)P)NC=O. The number of primary amides is 1. The van der Waals surface area contributed by atoms with Crippen molar-refractivity contribution in [2.24, 2.45) is 28.9 Å². The molecular weight excluding hydrogens is 621 g/mol. The van der Waals surface area contributed by atoms with E-state index >= 15 is 0 Å². The van der Waals surface area contributed by atoms with Crippen molar-refractivity contribution in [2.75, 3.05) is 27.2 Å². The van der Waals surface area contributed by atoms with Crippen molar-refractivity contribution in [1.29, 1.82) is 0 Å². The molecule has 0 aromatic heterocycles. The maximum atomic E-state index is 13.2. The Balaban J connectivity index is 0. The molecule has 1 aliphatic rings. The molecule has 0 radical (unpaired) electrons. The van der Waals surface area contributed by atoms with Crippen LogP contribution in [-0.2, 0) is 24.0 Å². The maximum Gasteiger partial charge on any atom is 0.315 e. The van der Waals surface area contributed by atoms with E-state index in [0.29, 0.717) is 11.8 Å². The molecule has 0 aliphatic carbocycles. The van der Waals surface area contributed by atoms with Gasteiger partial charge in [-0.25, -0.2) is 13.6 Å². The van der Waals surface area contributed by atoms with E-state index in [2.05, 4.69) is 57.9 Å². The topological polar surface area (TPSA) is 171 Å². The minimum atomic E-state index is -3.04. The molecule has 5 unspecified atom stereocenters. The summed E-state index contributed by atoms with van der Waals surface area (Å²) in [4.78, 5) is 72.0. The number of carbonyl (C=O) groups is 6. The number of alkyl halides is 2. The molecule has 5 N–H and O–H groups in total. The van der Waals surface area contributed by atoms with Gasteiger partial charge in [0.15, 0.2) is 0 Å². The summed E-state index contributed by atoms with van der Waals surface area (Å²) < 4.78 is 24.8. The van der Waals surface area contributed by atoms with Gasteiger partial charge < -0.3 is 31.5 Å². The van der Waals surface area contributed by atoms with Crippen LogP contribution < -0.4 is 21.7 Å². The number of nitrogens with zero attached hydrogens (tertiary/aromatic N) is 2. The van der Waals surface area contributed by atoms with Gasteiger partial charge >= 0.3 is 6.03 Å². The van der Waals surface area contributed by atoms with Crippen LogP contribution in [-0.4, -0.2) is 96.7 Å². The van der Waals surface area contributed by atoms with Crippen LogP contribution in [0.25, 0.3) is 0 Å². The van der Waals surface area contributed by atoms with E-state index in [1.54, 1.807) is 14.1 Å². The van der Waals surface area contributed by atoms with Crippen molar-refractivity contribution in [2.45, 2.75) is 112 Å². The van der Waals surface area contributed by atoms with E-state index < -0.39 is 47.3 Å². The second-order valence-corrected chi connectivity index (χ2v) is 14.6. The van der Waals surface area contributed by atoms with Gasteiger partial charge in [0.1, 0.15) is 6.04 Å². The normalized spacial score (nSPS) is 18.0. The Labute approximate surface area is 276 Å². The van der Waals surface area contributed by atoms with Crippen molar-refractivity contribution in [3.8, 4) is 0 Å². The van der Waals surface area contributed by atoms with E-state index in [1.807, 2.05) is 31.0 Å². The van der Waals surface area contributed by atoms with Gasteiger partial charge in [-0.3, -0.25) is 24.0 Å². The third-order valence-corrected chi connectivity index (χ3v) is 7.51. The molecule has 15 heteroatoms. The van der Waals surface area contributed by atoms with E-state index in [1.165, 1.54) is 14.1 Å². The third-order valence-electron chi connectivity index (χ3n) is 7.22. The molecule has 1 rings (SSSR count). The van der Waals surface area contributed by atoms with Crippen LogP contribution in [0.3, 0.4) is 0 Å². The van der Waals surface area contributed by atoms with Crippen LogP contribution in [0.4, 0.5) is 13.6 Å². The summed E-state index contributed by atoms with van der Waals surface area (Å²) in [5.74, 6) is -0.686. The van der Waals surface area contributed by atoms with Gasteiger partial charge in [0, 0.05) is 33.1 Å². The van der Waals surface area contributed by atoms with Gasteiger partial charge in [-0.05, 0) is 42.9 Å². The van der Waals surface area contributed by atoms with Crippen molar-refractivity contribution in [1.82, 2.24) is 25.8 Å². The molecule has 0 spiro atoms. The molecule has 1 fully saturated rings. The number of carbonyl (C=O) groups excluding carboxylic acids is 6. The highest BCUT2D eigenvalue weighted by molar-refractivity contribution is 7.18. The summed E-state index contributed by atoms with van der Waals surface area (Å²) in [6.45, 7) is 19.5. The number of likely N-dealkylation sites (tertiary alicyclic amines) is 1. The van der Waals surface area contributed by atoms with Crippen molar-refractivity contribution < 1.29 is 37.5 Å². The van der Waals surface area contributed by atoms with Gasteiger partial charge in [0.2, 0.25) is 24.0 Å². The van der Waals surface area contributed by atoms with Gasteiger partial charge in [-0.15, -0.1) is 0 Å². The summed E-state index contributed by atoms with van der Waals surface area (Å²) >= 11 is 0. The van der Waals surface area contributed by atoms with Gasteiger partial charge in [-0.1, -0.05) is 71.1 Å². The summed E-state index contributed by atoms with van der Waals surface area (Å²) in [5, 5.41) is 7.30. The molecule has 6 atom stereocenters. The first-order chi connectivity index (χ1) is 20.9. The number of Topliss-reactive ketones (excluding diaryl/α,β-unsaturated/α-hetero) is 1. The van der Waals surface area contributed by atoms with Crippen LogP contribution in [0.5, 0.6) is 0 Å². The number of likely N-dealkylation sites (N-methyl/N-ethyl adjacent to an activating group) is 1. The predicted octanol–water partition coefficient (Wildman–Crippen LogP) is 3.14. The minimum absolute atomic E-state index is 0.0464. The summed E-state index contributed by atoms with van der Waals surface area (Å²) in [7, 11) is 4.56. The lowest BCUT2D eigenvalue weighted by molar-refractivity contribution is -0.137. The minimum Gasteiger partial charge on any atom is -0.363 e. The number of hydrogen-bond acceptors (Lipinski definition) is 6. The van der Waals surface area contributed by atoms with Crippen LogP contribution >= 0.6 is 9.24 Å². The van der Waals surface area contributed by atoms with Crippen molar-refractivity contribution in [3.63, 3.8) is 0 Å². The zero-order valence-electron chi connectivity index (χ0n) is 29.5. The number of nitrogens with one attached hydrogen (secondary N) is 3. The number of rotatable bonds is 13. The number of halogens is 2. The Morgan fingerprint density at radius 2 is 1.61 bits per heavy atom. The van der Waals surface area contributed by atoms with Crippen LogP contribution in [0.2, 0.25) is 0 Å². The Morgan fingerprint density at radius 3 is 2.00 bits per heavy atom.